The molecule has 0 radical (unpaired) electrons. The van der Waals surface area contributed by atoms with Crippen LogP contribution >= 0.6 is 11.5 Å². The van der Waals surface area contributed by atoms with E-state index in [1.54, 1.807) is 74.5 Å². The van der Waals surface area contributed by atoms with Gasteiger partial charge in [-0.25, -0.2) is 8.78 Å². The van der Waals surface area contributed by atoms with Crippen LogP contribution in [-0.4, -0.2) is 64.2 Å². The van der Waals surface area contributed by atoms with Crippen LogP contribution in [-0.2, 0) is 24.7 Å². The molecule has 0 saturated carbocycles. The number of aryl methyl sites for hydroxylation is 1. The summed E-state index contributed by atoms with van der Waals surface area (Å²) in [6.07, 6.45) is 5.24. The number of hydrogen-bond acceptors (Lipinski definition) is 8. The summed E-state index contributed by atoms with van der Waals surface area (Å²) in [4.78, 5) is 44.7. The minimum Gasteiger partial charge on any atom is -0.348 e. The number of H-pyrrole nitrogens is 2. The third-order valence-corrected chi connectivity index (χ3v) is 9.85. The summed E-state index contributed by atoms with van der Waals surface area (Å²) in [5.74, 6) is -2.81. The molecule has 15 heteroatoms. The molecule has 51 heavy (non-hydrogen) atoms. The molecule has 2 atom stereocenters. The molecule has 0 fully saturated rings. The van der Waals surface area contributed by atoms with Crippen molar-refractivity contribution in [3.05, 3.63) is 122 Å². The molecular weight excluding hydrogens is 677 g/mol. The zero-order valence-electron chi connectivity index (χ0n) is 27.7. The largest absolute Gasteiger partial charge is 0.348 e. The van der Waals surface area contributed by atoms with Crippen molar-refractivity contribution in [3.63, 3.8) is 0 Å². The Morgan fingerprint density at radius 2 is 1.90 bits per heavy atom. The third kappa shape index (κ3) is 6.30. The number of halogens is 2. The Hall–Kier alpha value is -6.01. The van der Waals surface area contributed by atoms with Crippen molar-refractivity contribution in [1.29, 1.82) is 5.26 Å². The van der Waals surface area contributed by atoms with Crippen LogP contribution in [0.1, 0.15) is 58.2 Å². The SMILES string of the molecule is Cn1cc(CC(C(=O)NC(C)(C)C(c2ccc(F)cc2)c2nsc(=O)[nH]2)N2CCc3c(-c4cc5cn[nH]c5cc4C#N)ccc(F)c3C2=O)cn1. The monoisotopic (exact) mass is 707 g/mol. The minimum absolute atomic E-state index is 0.0720. The normalized spacial score (nSPS) is 14.3. The molecule has 3 N–H and O–H groups in total. The number of rotatable bonds is 9. The van der Waals surface area contributed by atoms with Crippen molar-refractivity contribution in [2.75, 3.05) is 6.54 Å². The second-order valence-corrected chi connectivity index (χ2v) is 13.8. The predicted octanol–water partition coefficient (Wildman–Crippen LogP) is 4.59. The van der Waals surface area contributed by atoms with Gasteiger partial charge in [-0.15, -0.1) is 0 Å². The first-order valence-corrected chi connectivity index (χ1v) is 16.8. The number of hydrogen-bond donors (Lipinski definition) is 3. The molecule has 258 valence electrons. The highest BCUT2D eigenvalue weighted by Crippen LogP contribution is 2.37. The van der Waals surface area contributed by atoms with Crippen LogP contribution in [0.15, 0.2) is 71.9 Å². The second-order valence-electron chi connectivity index (χ2n) is 13.1. The van der Waals surface area contributed by atoms with Gasteiger partial charge in [0.25, 0.3) is 5.91 Å². The Kier molecular flexibility index (Phi) is 8.56. The molecule has 0 saturated heterocycles. The van der Waals surface area contributed by atoms with E-state index in [1.807, 2.05) is 0 Å². The number of nitriles is 1. The van der Waals surface area contributed by atoms with Gasteiger partial charge in [0, 0.05) is 54.2 Å². The maximum absolute atomic E-state index is 15.8. The van der Waals surface area contributed by atoms with Crippen molar-refractivity contribution in [2.24, 2.45) is 7.05 Å². The Morgan fingerprint density at radius 3 is 2.59 bits per heavy atom. The van der Waals surface area contributed by atoms with Crippen LogP contribution < -0.4 is 10.2 Å². The first kappa shape index (κ1) is 33.5. The van der Waals surface area contributed by atoms with Gasteiger partial charge in [0.15, 0.2) is 0 Å². The van der Waals surface area contributed by atoms with E-state index in [9.17, 15) is 24.0 Å². The molecule has 12 nitrogen and oxygen atoms in total. The first-order valence-electron chi connectivity index (χ1n) is 16.0. The maximum Gasteiger partial charge on any atom is 0.323 e. The topological polar surface area (TPSA) is 165 Å². The summed E-state index contributed by atoms with van der Waals surface area (Å²) in [7, 11) is 1.74. The van der Waals surface area contributed by atoms with Crippen molar-refractivity contribution in [1.82, 2.24) is 39.6 Å². The van der Waals surface area contributed by atoms with Gasteiger partial charge >= 0.3 is 4.87 Å². The fourth-order valence-corrected chi connectivity index (χ4v) is 7.48. The average Bonchev–Trinajstić information content (AvgIpc) is 3.85. The predicted molar refractivity (Wildman–Crippen MR) is 185 cm³/mol. The molecule has 1 aliphatic heterocycles. The quantitative estimate of drug-likeness (QED) is 0.198. The Labute approximate surface area is 293 Å². The van der Waals surface area contributed by atoms with Crippen LogP contribution in [0.4, 0.5) is 8.78 Å². The second kappa shape index (κ2) is 13.0. The molecular formula is C36H31F2N9O3S. The van der Waals surface area contributed by atoms with E-state index in [1.165, 1.54) is 23.1 Å². The third-order valence-electron chi connectivity index (χ3n) is 9.30. The molecule has 3 aromatic carbocycles. The lowest BCUT2D eigenvalue weighted by molar-refractivity contribution is -0.127. The van der Waals surface area contributed by atoms with E-state index in [2.05, 4.69) is 36.0 Å². The zero-order valence-corrected chi connectivity index (χ0v) is 28.5. The summed E-state index contributed by atoms with van der Waals surface area (Å²) in [6.45, 7) is 3.58. The highest BCUT2D eigenvalue weighted by Gasteiger charge is 2.42. The van der Waals surface area contributed by atoms with E-state index in [-0.39, 0.29) is 35.6 Å². The lowest BCUT2D eigenvalue weighted by Crippen LogP contribution is -2.58. The highest BCUT2D eigenvalue weighted by atomic mass is 32.1. The van der Waals surface area contributed by atoms with Gasteiger partial charge in [-0.3, -0.25) is 29.1 Å². The van der Waals surface area contributed by atoms with Crippen LogP contribution in [0.3, 0.4) is 0 Å². The van der Waals surface area contributed by atoms with Crippen LogP contribution in [0.5, 0.6) is 0 Å². The number of carbonyl (C=O) groups excluding carboxylic acids is 2. The zero-order chi connectivity index (χ0) is 36.0. The molecule has 1 aliphatic rings. The van der Waals surface area contributed by atoms with Crippen molar-refractivity contribution in [2.45, 2.75) is 44.2 Å². The molecule has 2 unspecified atom stereocenters. The summed E-state index contributed by atoms with van der Waals surface area (Å²) in [6, 6.07) is 13.0. The van der Waals surface area contributed by atoms with Gasteiger partial charge in [-0.1, -0.05) is 18.2 Å². The number of nitrogens with zero attached hydrogens (tertiary/aromatic N) is 6. The number of aromatic amines is 2. The van der Waals surface area contributed by atoms with Crippen LogP contribution in [0, 0.1) is 23.0 Å². The van der Waals surface area contributed by atoms with Gasteiger partial charge in [0.1, 0.15) is 23.5 Å². The first-order chi connectivity index (χ1) is 24.4. The average molecular weight is 708 g/mol. The Balaban J connectivity index is 1.26. The molecule has 4 heterocycles. The molecule has 0 aliphatic carbocycles. The van der Waals surface area contributed by atoms with E-state index in [4.69, 9.17) is 0 Å². The number of aromatic nitrogens is 6. The molecule has 3 aromatic heterocycles. The summed E-state index contributed by atoms with van der Waals surface area (Å²) >= 11 is 0.728. The molecule has 0 spiro atoms. The van der Waals surface area contributed by atoms with Gasteiger partial charge in [-0.2, -0.15) is 19.8 Å². The van der Waals surface area contributed by atoms with Crippen LogP contribution in [0.25, 0.3) is 22.0 Å². The number of carbonyl (C=O) groups is 2. The lowest BCUT2D eigenvalue weighted by atomic mass is 9.80. The van der Waals surface area contributed by atoms with Gasteiger partial charge in [0.05, 0.1) is 41.0 Å². The van der Waals surface area contributed by atoms with Gasteiger partial charge in [0.2, 0.25) is 5.91 Å². The van der Waals surface area contributed by atoms with Crippen molar-refractivity contribution in [3.8, 4) is 17.2 Å². The molecule has 2 amide bonds. The number of amides is 2. The standard InChI is InChI=1S/C36H31F2N9O3S/c1-36(2,31(32-42-35(50)51-45-32)20-4-6-23(37)7-5-20)43-33(48)29(12-19-16-41-46(3)18-19)47-11-10-25-24(8-9-27(38)30(25)34(47)49)26-13-22-17-40-44-28(22)14-21(26)15-39/h4-9,13-14,16-18,29,31H,10-12H2,1-3H3,(H,40,44)(H,43,48)(H,42,45,50). The summed E-state index contributed by atoms with van der Waals surface area (Å²) in [5, 5.41) is 24.9. The summed E-state index contributed by atoms with van der Waals surface area (Å²) in [5.41, 5.74) is 2.52. The minimum atomic E-state index is -1.13. The van der Waals surface area contributed by atoms with Crippen LogP contribution in [0.2, 0.25) is 0 Å². The van der Waals surface area contributed by atoms with Gasteiger partial charge < -0.3 is 10.2 Å². The molecule has 7 rings (SSSR count). The van der Waals surface area contributed by atoms with E-state index in [0.717, 1.165) is 16.9 Å². The van der Waals surface area contributed by atoms with Gasteiger partial charge in [-0.05, 0) is 72.9 Å². The fourth-order valence-electron chi connectivity index (χ4n) is 7.00. The fraction of sp³-hybridized carbons (Fsp3) is 0.250. The summed E-state index contributed by atoms with van der Waals surface area (Å²) < 4.78 is 35.6. The Bertz CT molecular complexity index is 2400. The molecule has 0 bridgehead atoms. The van der Waals surface area contributed by atoms with Crippen molar-refractivity contribution >= 4 is 34.2 Å². The maximum atomic E-state index is 15.8. The number of nitrogens with one attached hydrogen (secondary N) is 3. The smallest absolute Gasteiger partial charge is 0.323 e. The number of benzene rings is 3. The van der Waals surface area contributed by atoms with Crippen molar-refractivity contribution < 1.29 is 18.4 Å². The lowest BCUT2D eigenvalue weighted by Gasteiger charge is -2.39. The Morgan fingerprint density at radius 1 is 1.12 bits per heavy atom. The van der Waals surface area contributed by atoms with E-state index in [0.29, 0.717) is 38.9 Å². The molecule has 6 aromatic rings. The highest BCUT2D eigenvalue weighted by molar-refractivity contribution is 7.02. The number of fused-ring (bicyclic) bond motifs is 2. The van der Waals surface area contributed by atoms with E-state index >= 15 is 4.39 Å². The van der Waals surface area contributed by atoms with E-state index < -0.39 is 40.9 Å².